The van der Waals surface area contributed by atoms with Gasteiger partial charge in [-0.15, -0.1) is 11.8 Å². The number of aliphatic hydroxyl groups excluding tert-OH is 1. The van der Waals surface area contributed by atoms with E-state index in [1.807, 2.05) is 0 Å². The highest BCUT2D eigenvalue weighted by molar-refractivity contribution is 8.04. The molecule has 0 radical (unpaired) electrons. The molecule has 76 valence electrons. The molecule has 1 heterocycles. The standard InChI is InChI=1S/C11H15NOS/c12-5-4-8-2-1-3-9-6-10(7-13)14-11(8)9/h1-3,6,9,11,13H,4-5,7,12H2. The third kappa shape index (κ3) is 1.80. The molecule has 3 N–H and O–H groups in total. The Labute approximate surface area is 88.6 Å². The molecule has 0 saturated carbocycles. The van der Waals surface area contributed by atoms with Crippen molar-refractivity contribution in [1.29, 1.82) is 0 Å². The smallest absolute Gasteiger partial charge is 0.0737 e. The summed E-state index contributed by atoms with van der Waals surface area (Å²) in [7, 11) is 0. The van der Waals surface area contributed by atoms with Gasteiger partial charge in [-0.2, -0.15) is 0 Å². The summed E-state index contributed by atoms with van der Waals surface area (Å²) in [5.74, 6) is 0.466. The average Bonchev–Trinajstić information content (AvgIpc) is 2.62. The summed E-state index contributed by atoms with van der Waals surface area (Å²) in [6, 6.07) is 0. The van der Waals surface area contributed by atoms with Crippen LogP contribution in [0.25, 0.3) is 0 Å². The van der Waals surface area contributed by atoms with Gasteiger partial charge in [-0.05, 0) is 13.0 Å². The van der Waals surface area contributed by atoms with E-state index in [4.69, 9.17) is 10.8 Å². The van der Waals surface area contributed by atoms with E-state index in [1.54, 1.807) is 11.8 Å². The molecule has 3 heteroatoms. The van der Waals surface area contributed by atoms with Gasteiger partial charge in [-0.3, -0.25) is 0 Å². The van der Waals surface area contributed by atoms with Crippen LogP contribution in [-0.2, 0) is 0 Å². The molecule has 0 bridgehead atoms. The van der Waals surface area contributed by atoms with Gasteiger partial charge in [0.05, 0.1) is 6.61 Å². The highest BCUT2D eigenvalue weighted by Crippen LogP contribution is 2.43. The average molecular weight is 209 g/mol. The van der Waals surface area contributed by atoms with Crippen LogP contribution in [0.2, 0.25) is 0 Å². The fourth-order valence-corrected chi connectivity index (χ4v) is 3.26. The van der Waals surface area contributed by atoms with Gasteiger partial charge >= 0.3 is 0 Å². The fraction of sp³-hybridized carbons (Fsp3) is 0.455. The summed E-state index contributed by atoms with van der Waals surface area (Å²) in [4.78, 5) is 1.09. The quantitative estimate of drug-likeness (QED) is 0.739. The molecule has 0 amide bonds. The first-order valence-electron chi connectivity index (χ1n) is 4.90. The Morgan fingerprint density at radius 3 is 3.07 bits per heavy atom. The lowest BCUT2D eigenvalue weighted by atomic mass is 9.92. The summed E-state index contributed by atoms with van der Waals surface area (Å²) in [6.45, 7) is 0.874. The summed E-state index contributed by atoms with van der Waals surface area (Å²) in [5, 5.41) is 9.56. The predicted octanol–water partition coefficient (Wildman–Crippen LogP) is 1.44. The molecular formula is C11H15NOS. The number of hydrogen-bond acceptors (Lipinski definition) is 3. The van der Waals surface area contributed by atoms with Crippen LogP contribution in [-0.4, -0.2) is 23.5 Å². The molecule has 0 saturated heterocycles. The lowest BCUT2D eigenvalue weighted by molar-refractivity contribution is 0.339. The predicted molar refractivity (Wildman–Crippen MR) is 60.9 cm³/mol. The number of hydrogen-bond donors (Lipinski definition) is 2. The molecule has 2 rings (SSSR count). The van der Waals surface area contributed by atoms with E-state index >= 15 is 0 Å². The number of nitrogens with two attached hydrogens (primary N) is 1. The highest BCUT2D eigenvalue weighted by Gasteiger charge is 2.30. The minimum Gasteiger partial charge on any atom is -0.391 e. The Morgan fingerprint density at radius 2 is 2.36 bits per heavy atom. The van der Waals surface area contributed by atoms with E-state index in [0.29, 0.717) is 17.7 Å². The largest absolute Gasteiger partial charge is 0.391 e. The molecule has 0 aromatic rings. The Balaban J connectivity index is 2.12. The molecule has 0 aromatic heterocycles. The number of fused-ring (bicyclic) bond motifs is 1. The van der Waals surface area contributed by atoms with Crippen LogP contribution in [0.4, 0.5) is 0 Å². The third-order valence-corrected chi connectivity index (χ3v) is 4.04. The maximum absolute atomic E-state index is 9.07. The van der Waals surface area contributed by atoms with Crippen molar-refractivity contribution in [3.05, 3.63) is 34.8 Å². The van der Waals surface area contributed by atoms with Gasteiger partial charge in [0.2, 0.25) is 0 Å². The molecule has 2 aliphatic rings. The second kappa shape index (κ2) is 4.34. The highest BCUT2D eigenvalue weighted by atomic mass is 32.2. The van der Waals surface area contributed by atoms with Crippen LogP contribution in [0, 0.1) is 5.92 Å². The molecule has 0 aromatic carbocycles. The second-order valence-corrected chi connectivity index (χ2v) is 4.84. The molecule has 1 aliphatic heterocycles. The fourth-order valence-electron chi connectivity index (χ4n) is 1.95. The van der Waals surface area contributed by atoms with Crippen molar-refractivity contribution >= 4 is 11.8 Å². The Morgan fingerprint density at radius 1 is 1.50 bits per heavy atom. The normalized spacial score (nSPS) is 29.9. The van der Waals surface area contributed by atoms with Crippen molar-refractivity contribution in [2.24, 2.45) is 11.7 Å². The first-order chi connectivity index (χ1) is 6.85. The van der Waals surface area contributed by atoms with Crippen LogP contribution >= 0.6 is 11.8 Å². The summed E-state index contributed by atoms with van der Waals surface area (Å²) >= 11 is 1.78. The zero-order valence-corrected chi connectivity index (χ0v) is 8.83. The van der Waals surface area contributed by atoms with Gasteiger partial charge in [0.15, 0.2) is 0 Å². The molecule has 0 fully saturated rings. The topological polar surface area (TPSA) is 46.2 Å². The van der Waals surface area contributed by atoms with E-state index in [-0.39, 0.29) is 6.61 Å². The summed E-state index contributed by atoms with van der Waals surface area (Å²) < 4.78 is 0. The van der Waals surface area contributed by atoms with Crippen molar-refractivity contribution in [3.63, 3.8) is 0 Å². The van der Waals surface area contributed by atoms with Crippen molar-refractivity contribution in [3.8, 4) is 0 Å². The van der Waals surface area contributed by atoms with E-state index in [9.17, 15) is 0 Å². The lowest BCUT2D eigenvalue weighted by Crippen LogP contribution is -2.17. The lowest BCUT2D eigenvalue weighted by Gasteiger charge is -2.21. The monoisotopic (exact) mass is 209 g/mol. The minimum atomic E-state index is 0.168. The maximum atomic E-state index is 9.07. The zero-order chi connectivity index (χ0) is 9.97. The van der Waals surface area contributed by atoms with Crippen LogP contribution in [0.5, 0.6) is 0 Å². The number of thioether (sulfide) groups is 1. The van der Waals surface area contributed by atoms with Crippen LogP contribution in [0.15, 0.2) is 34.8 Å². The molecule has 2 atom stereocenters. The third-order valence-electron chi connectivity index (χ3n) is 2.60. The van der Waals surface area contributed by atoms with Crippen molar-refractivity contribution < 1.29 is 5.11 Å². The van der Waals surface area contributed by atoms with Gasteiger partial charge < -0.3 is 10.8 Å². The number of allylic oxidation sites excluding steroid dienone is 4. The van der Waals surface area contributed by atoms with Gasteiger partial charge in [-0.1, -0.05) is 29.9 Å². The first kappa shape index (κ1) is 10.0. The minimum absolute atomic E-state index is 0.168. The first-order valence-corrected chi connectivity index (χ1v) is 5.78. The van der Waals surface area contributed by atoms with E-state index < -0.39 is 0 Å². The Kier molecular flexibility index (Phi) is 3.11. The van der Waals surface area contributed by atoms with E-state index in [1.165, 1.54) is 5.57 Å². The maximum Gasteiger partial charge on any atom is 0.0737 e. The van der Waals surface area contributed by atoms with E-state index in [2.05, 4.69) is 24.3 Å². The number of rotatable bonds is 3. The Bertz CT molecular complexity index is 306. The molecule has 14 heavy (non-hydrogen) atoms. The summed E-state index contributed by atoms with van der Waals surface area (Å²) in [5.41, 5.74) is 6.98. The van der Waals surface area contributed by atoms with Crippen molar-refractivity contribution in [2.45, 2.75) is 11.7 Å². The SMILES string of the molecule is NCCC1=CC=CC2C=C(CO)SC12. The van der Waals surface area contributed by atoms with Crippen LogP contribution in [0.1, 0.15) is 6.42 Å². The molecule has 1 aliphatic carbocycles. The van der Waals surface area contributed by atoms with E-state index in [0.717, 1.165) is 11.3 Å². The van der Waals surface area contributed by atoms with Crippen molar-refractivity contribution in [2.75, 3.05) is 13.2 Å². The van der Waals surface area contributed by atoms with Gasteiger partial charge in [0, 0.05) is 16.1 Å². The molecular weight excluding hydrogens is 194 g/mol. The molecule has 2 unspecified atom stereocenters. The summed E-state index contributed by atoms with van der Waals surface area (Å²) in [6.07, 6.45) is 9.58. The molecule has 2 nitrogen and oxygen atoms in total. The van der Waals surface area contributed by atoms with Crippen LogP contribution in [0.3, 0.4) is 0 Å². The van der Waals surface area contributed by atoms with Crippen molar-refractivity contribution in [1.82, 2.24) is 0 Å². The Hall–Kier alpha value is -0.510. The molecule has 0 spiro atoms. The van der Waals surface area contributed by atoms with Gasteiger partial charge in [-0.25, -0.2) is 0 Å². The zero-order valence-electron chi connectivity index (χ0n) is 8.02. The van der Waals surface area contributed by atoms with Crippen LogP contribution < -0.4 is 5.73 Å². The second-order valence-electron chi connectivity index (χ2n) is 3.57. The number of aliphatic hydroxyl groups is 1. The van der Waals surface area contributed by atoms with Gasteiger partial charge in [0.1, 0.15) is 0 Å². The van der Waals surface area contributed by atoms with Gasteiger partial charge in [0.25, 0.3) is 0 Å².